The van der Waals surface area contributed by atoms with Gasteiger partial charge in [0.05, 0.1) is 7.11 Å². The van der Waals surface area contributed by atoms with Gasteiger partial charge in [-0.15, -0.1) is 0 Å². The van der Waals surface area contributed by atoms with Crippen LogP contribution in [0, 0.1) is 0 Å². The fourth-order valence-electron chi connectivity index (χ4n) is 0.440. The summed E-state index contributed by atoms with van der Waals surface area (Å²) < 4.78 is 4.11. The third-order valence-electron chi connectivity index (χ3n) is 1.11. The summed E-state index contributed by atoms with van der Waals surface area (Å²) in [6.45, 7) is 4.01. The Bertz CT molecular complexity index is 254. The van der Waals surface area contributed by atoms with Gasteiger partial charge in [-0.2, -0.15) is 0 Å². The molecule has 2 N–H and O–H groups in total. The largest absolute Gasteiger partial charge is 0.469 e. The second kappa shape index (κ2) is 11.3. The van der Waals surface area contributed by atoms with E-state index in [-0.39, 0.29) is 17.5 Å². The Morgan fingerprint density at radius 2 is 1.38 bits per heavy atom. The van der Waals surface area contributed by atoms with Crippen LogP contribution in [0.15, 0.2) is 24.3 Å². The van der Waals surface area contributed by atoms with Crippen molar-refractivity contribution in [3.8, 4) is 0 Å². The molecule has 0 saturated carbocycles. The number of ether oxygens (including phenoxy) is 1. The molecular formula is C11H17NO4. The highest BCUT2D eigenvalue weighted by molar-refractivity contribution is 6.14. The van der Waals surface area contributed by atoms with E-state index in [0.717, 1.165) is 6.54 Å². The van der Waals surface area contributed by atoms with Crippen LogP contribution in [-0.4, -0.2) is 31.2 Å². The standard InChI is InChI=1S/C6H4O2.C3H6O2.C2H7N/c7-5-1-2-6(8)4-3-5;1-3(4)5-2;1-2-3/h1-4H;1-2H3;2-3H2,1H3. The van der Waals surface area contributed by atoms with Crippen molar-refractivity contribution in [3.05, 3.63) is 24.3 Å². The van der Waals surface area contributed by atoms with Crippen LogP contribution < -0.4 is 5.73 Å². The smallest absolute Gasteiger partial charge is 0.302 e. The lowest BCUT2D eigenvalue weighted by Gasteiger charge is -1.87. The van der Waals surface area contributed by atoms with E-state index in [1.807, 2.05) is 6.92 Å². The fourth-order valence-corrected chi connectivity index (χ4v) is 0.440. The first-order valence-corrected chi connectivity index (χ1v) is 4.66. The Hall–Kier alpha value is -1.75. The van der Waals surface area contributed by atoms with Crippen molar-refractivity contribution in [3.63, 3.8) is 0 Å². The van der Waals surface area contributed by atoms with Gasteiger partial charge in [-0.3, -0.25) is 14.4 Å². The van der Waals surface area contributed by atoms with Crippen molar-refractivity contribution >= 4 is 17.5 Å². The maximum Gasteiger partial charge on any atom is 0.302 e. The molecule has 0 atom stereocenters. The zero-order valence-corrected chi connectivity index (χ0v) is 9.73. The van der Waals surface area contributed by atoms with E-state index >= 15 is 0 Å². The molecule has 16 heavy (non-hydrogen) atoms. The summed E-state index contributed by atoms with van der Waals surface area (Å²) in [6, 6.07) is 0. The number of esters is 1. The highest BCUT2D eigenvalue weighted by Crippen LogP contribution is 1.90. The van der Waals surface area contributed by atoms with Crippen LogP contribution in [0.4, 0.5) is 0 Å². The van der Waals surface area contributed by atoms with E-state index in [0.29, 0.717) is 0 Å². The van der Waals surface area contributed by atoms with Crippen LogP contribution in [0.1, 0.15) is 13.8 Å². The van der Waals surface area contributed by atoms with Gasteiger partial charge in [0.15, 0.2) is 11.6 Å². The summed E-state index contributed by atoms with van der Waals surface area (Å²) in [5.41, 5.74) is 4.85. The zero-order chi connectivity index (χ0) is 13.0. The van der Waals surface area contributed by atoms with E-state index < -0.39 is 0 Å². The van der Waals surface area contributed by atoms with Gasteiger partial charge >= 0.3 is 5.97 Å². The number of rotatable bonds is 0. The minimum atomic E-state index is -0.245. The van der Waals surface area contributed by atoms with Crippen molar-refractivity contribution in [2.45, 2.75) is 13.8 Å². The minimum Gasteiger partial charge on any atom is -0.469 e. The molecule has 0 spiro atoms. The van der Waals surface area contributed by atoms with E-state index in [2.05, 4.69) is 4.74 Å². The summed E-state index contributed by atoms with van der Waals surface area (Å²) in [7, 11) is 1.35. The third kappa shape index (κ3) is 14.8. The number of hydrogen-bond acceptors (Lipinski definition) is 5. The summed E-state index contributed by atoms with van der Waals surface area (Å²) in [5.74, 6) is -0.487. The molecule has 90 valence electrons. The Balaban J connectivity index is 0. The number of methoxy groups -OCH3 is 1. The van der Waals surface area contributed by atoms with Gasteiger partial charge in [0, 0.05) is 6.92 Å². The molecule has 5 heteroatoms. The Labute approximate surface area is 95.0 Å². The summed E-state index contributed by atoms with van der Waals surface area (Å²) in [5, 5.41) is 0. The molecule has 0 fully saturated rings. The molecule has 1 aliphatic carbocycles. The molecule has 0 aromatic rings. The molecule has 0 aromatic carbocycles. The highest BCUT2D eigenvalue weighted by atomic mass is 16.5. The molecule has 0 heterocycles. The Morgan fingerprint density at radius 1 is 1.19 bits per heavy atom. The molecule has 0 radical (unpaired) electrons. The van der Waals surface area contributed by atoms with Crippen LogP contribution in [0.2, 0.25) is 0 Å². The zero-order valence-electron chi connectivity index (χ0n) is 9.73. The van der Waals surface area contributed by atoms with E-state index in [4.69, 9.17) is 5.73 Å². The van der Waals surface area contributed by atoms with E-state index in [1.165, 1.54) is 38.3 Å². The van der Waals surface area contributed by atoms with Crippen LogP contribution >= 0.6 is 0 Å². The molecule has 0 amide bonds. The van der Waals surface area contributed by atoms with Gasteiger partial charge in [-0.25, -0.2) is 0 Å². The van der Waals surface area contributed by atoms with Crippen molar-refractivity contribution < 1.29 is 19.1 Å². The van der Waals surface area contributed by atoms with Crippen molar-refractivity contribution in [1.82, 2.24) is 0 Å². The third-order valence-corrected chi connectivity index (χ3v) is 1.11. The van der Waals surface area contributed by atoms with E-state index in [9.17, 15) is 14.4 Å². The number of carbonyl (C=O) groups is 3. The molecule has 5 nitrogen and oxygen atoms in total. The first-order chi connectivity index (χ1) is 7.47. The van der Waals surface area contributed by atoms with Crippen molar-refractivity contribution in [2.75, 3.05) is 13.7 Å². The number of ketones is 2. The van der Waals surface area contributed by atoms with Crippen LogP contribution in [0.25, 0.3) is 0 Å². The Morgan fingerprint density at radius 3 is 1.50 bits per heavy atom. The number of nitrogens with two attached hydrogens (primary N) is 1. The van der Waals surface area contributed by atoms with Gasteiger partial charge in [-0.1, -0.05) is 6.92 Å². The first-order valence-electron chi connectivity index (χ1n) is 4.66. The monoisotopic (exact) mass is 227 g/mol. The van der Waals surface area contributed by atoms with Gasteiger partial charge in [0.25, 0.3) is 0 Å². The molecule has 1 rings (SSSR count). The maximum absolute atomic E-state index is 10.3. The van der Waals surface area contributed by atoms with Crippen LogP contribution in [0.3, 0.4) is 0 Å². The molecule has 0 unspecified atom stereocenters. The number of carbonyl (C=O) groups excluding carboxylic acids is 3. The molecule has 0 aromatic heterocycles. The first kappa shape index (κ1) is 16.7. The predicted octanol–water partition coefficient (Wildman–Crippen LogP) is 0.395. The second-order valence-corrected chi connectivity index (χ2v) is 2.58. The van der Waals surface area contributed by atoms with Gasteiger partial charge in [0.2, 0.25) is 0 Å². The lowest BCUT2D eigenvalue weighted by atomic mass is 10.2. The Kier molecular flexibility index (Phi) is 11.8. The quantitative estimate of drug-likeness (QED) is 0.478. The SMILES string of the molecule is CCN.COC(C)=O.O=C1C=CC(=O)C=C1. The molecule has 0 bridgehead atoms. The van der Waals surface area contributed by atoms with E-state index in [1.54, 1.807) is 0 Å². The van der Waals surface area contributed by atoms with Gasteiger partial charge in [0.1, 0.15) is 0 Å². The second-order valence-electron chi connectivity index (χ2n) is 2.58. The van der Waals surface area contributed by atoms with Crippen molar-refractivity contribution in [2.24, 2.45) is 5.73 Å². The topological polar surface area (TPSA) is 86.5 Å². The van der Waals surface area contributed by atoms with Crippen molar-refractivity contribution in [1.29, 1.82) is 0 Å². The number of allylic oxidation sites excluding steroid dienone is 4. The normalized spacial score (nSPS) is 12.0. The molecule has 0 aliphatic heterocycles. The average molecular weight is 227 g/mol. The van der Waals surface area contributed by atoms with Crippen LogP contribution in [0.5, 0.6) is 0 Å². The average Bonchev–Trinajstić information content (AvgIpc) is 2.24. The summed E-state index contributed by atoms with van der Waals surface area (Å²) in [6.07, 6.45) is 5.01. The maximum atomic E-state index is 10.3. The lowest BCUT2D eigenvalue weighted by molar-refractivity contribution is -0.138. The molecule has 1 aliphatic rings. The highest BCUT2D eigenvalue weighted by Gasteiger charge is 1.97. The number of hydrogen-bond donors (Lipinski definition) is 1. The van der Waals surface area contributed by atoms with Gasteiger partial charge in [-0.05, 0) is 30.8 Å². The summed E-state index contributed by atoms with van der Waals surface area (Å²) >= 11 is 0. The molecular weight excluding hydrogens is 210 g/mol. The van der Waals surface area contributed by atoms with Gasteiger partial charge < -0.3 is 10.5 Å². The lowest BCUT2D eigenvalue weighted by Crippen LogP contribution is -1.97. The minimum absolute atomic E-state index is 0.121. The summed E-state index contributed by atoms with van der Waals surface area (Å²) in [4.78, 5) is 30.2. The predicted molar refractivity (Wildman–Crippen MR) is 60.7 cm³/mol. The molecule has 0 saturated heterocycles. The van der Waals surface area contributed by atoms with Crippen LogP contribution in [-0.2, 0) is 19.1 Å². The fraction of sp³-hybridized carbons (Fsp3) is 0.364.